The van der Waals surface area contributed by atoms with Crippen molar-refractivity contribution in [3.8, 4) is 5.75 Å². The van der Waals surface area contributed by atoms with E-state index in [9.17, 15) is 24.6 Å². The third-order valence-corrected chi connectivity index (χ3v) is 4.94. The van der Waals surface area contributed by atoms with Gasteiger partial charge >= 0.3 is 6.03 Å². The number of urea groups is 1. The van der Waals surface area contributed by atoms with Gasteiger partial charge in [-0.2, -0.15) is 0 Å². The lowest BCUT2D eigenvalue weighted by molar-refractivity contribution is -0.125. The Kier molecular flexibility index (Phi) is 8.83. The molecule has 0 heterocycles. The molecule has 4 amide bonds. The first kappa shape index (κ1) is 24.2. The fourth-order valence-electron chi connectivity index (χ4n) is 3.18. The molecule has 0 aromatic heterocycles. The number of ether oxygens (including phenoxy) is 1. The molecule has 0 radical (unpaired) electrons. The summed E-state index contributed by atoms with van der Waals surface area (Å²) in [5, 5.41) is 28.0. The van der Waals surface area contributed by atoms with Gasteiger partial charge in [0.2, 0.25) is 11.8 Å². The molecule has 1 aliphatic rings. The second-order valence-electron chi connectivity index (χ2n) is 7.36. The molecule has 0 spiro atoms. The average Bonchev–Trinajstić information content (AvgIpc) is 2.75. The lowest BCUT2D eigenvalue weighted by atomic mass is 9.90. The zero-order valence-corrected chi connectivity index (χ0v) is 17.6. The number of carbonyl (C=O) groups is 3. The molecular weight excluding hydrogens is 404 g/mol. The molecule has 10 nitrogen and oxygen atoms in total. The zero-order valence-electron chi connectivity index (χ0n) is 17.6. The van der Waals surface area contributed by atoms with Crippen LogP contribution in [0.2, 0.25) is 0 Å². The van der Waals surface area contributed by atoms with Gasteiger partial charge in [-0.25, -0.2) is 4.79 Å². The van der Waals surface area contributed by atoms with Crippen LogP contribution in [0.25, 0.3) is 0 Å². The molecule has 4 atom stereocenters. The molecule has 10 heteroatoms. The zero-order chi connectivity index (χ0) is 23.0. The van der Waals surface area contributed by atoms with Crippen molar-refractivity contribution in [3.05, 3.63) is 41.5 Å². The van der Waals surface area contributed by atoms with Gasteiger partial charge in [-0.05, 0) is 24.1 Å². The van der Waals surface area contributed by atoms with Crippen molar-refractivity contribution in [2.24, 2.45) is 5.73 Å². The third kappa shape index (κ3) is 6.97. The molecule has 7 N–H and O–H groups in total. The molecular formula is C21H30N4O6. The van der Waals surface area contributed by atoms with Crippen LogP contribution in [0.5, 0.6) is 5.75 Å². The molecule has 170 valence electrons. The van der Waals surface area contributed by atoms with Crippen LogP contribution in [0.3, 0.4) is 0 Å². The normalized spacial score (nSPS) is 21.4. The number of methoxy groups -OCH3 is 1. The summed E-state index contributed by atoms with van der Waals surface area (Å²) < 4.78 is 5.10. The fraction of sp³-hybridized carbons (Fsp3) is 0.476. The maximum absolute atomic E-state index is 12.7. The number of hydrogen-bond acceptors (Lipinski definition) is 6. The van der Waals surface area contributed by atoms with Crippen molar-refractivity contribution in [2.45, 2.75) is 50.5 Å². The minimum atomic E-state index is -1.27. The highest BCUT2D eigenvalue weighted by molar-refractivity contribution is 5.97. The van der Waals surface area contributed by atoms with Gasteiger partial charge < -0.3 is 36.6 Å². The third-order valence-electron chi connectivity index (χ3n) is 4.94. The minimum absolute atomic E-state index is 0.129. The van der Waals surface area contributed by atoms with Crippen molar-refractivity contribution in [2.75, 3.05) is 13.7 Å². The number of aliphatic hydroxyl groups is 2. The Hall–Kier alpha value is -3.11. The molecule has 0 saturated carbocycles. The Bertz CT molecular complexity index is 811. The highest BCUT2D eigenvalue weighted by Gasteiger charge is 2.34. The molecule has 31 heavy (non-hydrogen) atoms. The number of nitrogens with two attached hydrogens (primary N) is 1. The van der Waals surface area contributed by atoms with Gasteiger partial charge in [-0.3, -0.25) is 9.59 Å². The number of hydrogen-bond donors (Lipinski definition) is 6. The molecule has 0 bridgehead atoms. The van der Waals surface area contributed by atoms with Crippen LogP contribution in [0, 0.1) is 0 Å². The average molecular weight is 434 g/mol. The summed E-state index contributed by atoms with van der Waals surface area (Å²) in [6.45, 7) is 2.34. The summed E-state index contributed by atoms with van der Waals surface area (Å²) in [4.78, 5) is 36.5. The van der Waals surface area contributed by atoms with Crippen molar-refractivity contribution in [1.29, 1.82) is 0 Å². The lowest BCUT2D eigenvalue weighted by Crippen LogP contribution is -2.54. The number of aliphatic hydroxyl groups excluding tert-OH is 2. The van der Waals surface area contributed by atoms with E-state index in [4.69, 9.17) is 10.5 Å². The van der Waals surface area contributed by atoms with E-state index in [-0.39, 0.29) is 18.4 Å². The van der Waals surface area contributed by atoms with E-state index < -0.39 is 42.1 Å². The van der Waals surface area contributed by atoms with Crippen LogP contribution in [0.15, 0.2) is 35.9 Å². The number of rotatable bonds is 9. The smallest absolute Gasteiger partial charge is 0.315 e. The van der Waals surface area contributed by atoms with Crippen molar-refractivity contribution >= 4 is 17.8 Å². The van der Waals surface area contributed by atoms with Crippen LogP contribution < -0.4 is 26.4 Å². The maximum atomic E-state index is 12.7. The van der Waals surface area contributed by atoms with Crippen molar-refractivity contribution < 1.29 is 29.3 Å². The molecule has 1 aromatic carbocycles. The molecule has 0 saturated heterocycles. The van der Waals surface area contributed by atoms with Crippen molar-refractivity contribution in [3.63, 3.8) is 0 Å². The highest BCUT2D eigenvalue weighted by atomic mass is 16.5. The SMILES string of the molecule is CCCNC(=O)N[C@H]1C=C(C(=O)N[C@@H](Cc2ccc(OC)cc2)C(N)=O)C[C@@H](O)[C@@H]1O. The summed E-state index contributed by atoms with van der Waals surface area (Å²) in [6.07, 6.45) is -0.370. The Balaban J connectivity index is 2.09. The van der Waals surface area contributed by atoms with Crippen LogP contribution in [-0.4, -0.2) is 66.0 Å². The second-order valence-corrected chi connectivity index (χ2v) is 7.36. The van der Waals surface area contributed by atoms with Gasteiger partial charge in [-0.1, -0.05) is 25.1 Å². The number of nitrogens with one attached hydrogen (secondary N) is 3. The molecule has 2 rings (SSSR count). The van der Waals surface area contributed by atoms with E-state index in [0.29, 0.717) is 12.3 Å². The van der Waals surface area contributed by atoms with E-state index in [1.54, 1.807) is 31.4 Å². The van der Waals surface area contributed by atoms with Gasteiger partial charge in [0.1, 0.15) is 17.9 Å². The van der Waals surface area contributed by atoms with Crippen LogP contribution in [0.1, 0.15) is 25.3 Å². The first-order valence-electron chi connectivity index (χ1n) is 10.1. The standard InChI is InChI=1S/C21H30N4O6/c1-3-8-23-21(30)25-15-10-13(11-17(26)18(15)27)20(29)24-16(19(22)28)9-12-4-6-14(31-2)7-5-12/h4-7,10,15-18,26-27H,3,8-9,11H2,1-2H3,(H2,22,28)(H,24,29)(H2,23,25,30)/t15-,16-,17+,18+/m0/s1. The number of primary amides is 1. The Labute approximate surface area is 180 Å². The van der Waals surface area contributed by atoms with E-state index in [1.165, 1.54) is 6.08 Å². The van der Waals surface area contributed by atoms with Gasteiger partial charge in [0.05, 0.1) is 19.3 Å². The van der Waals surface area contributed by atoms with Crippen LogP contribution >= 0.6 is 0 Å². The fourth-order valence-corrected chi connectivity index (χ4v) is 3.18. The number of carbonyl (C=O) groups excluding carboxylic acids is 3. The maximum Gasteiger partial charge on any atom is 0.315 e. The summed E-state index contributed by atoms with van der Waals surface area (Å²) in [6, 6.07) is 4.52. The number of benzene rings is 1. The Morgan fingerprint density at radius 3 is 2.48 bits per heavy atom. The predicted molar refractivity (Wildman–Crippen MR) is 113 cm³/mol. The first-order chi connectivity index (χ1) is 14.7. The first-order valence-corrected chi connectivity index (χ1v) is 10.1. The largest absolute Gasteiger partial charge is 0.497 e. The molecule has 0 fully saturated rings. The Morgan fingerprint density at radius 1 is 1.23 bits per heavy atom. The summed E-state index contributed by atoms with van der Waals surface area (Å²) in [7, 11) is 1.54. The second kappa shape index (κ2) is 11.3. The van der Waals surface area contributed by atoms with Crippen molar-refractivity contribution in [1.82, 2.24) is 16.0 Å². The number of amides is 4. The molecule has 1 aromatic rings. The molecule has 0 aliphatic heterocycles. The van der Waals surface area contributed by atoms with E-state index in [1.807, 2.05) is 6.92 Å². The van der Waals surface area contributed by atoms with Crippen LogP contribution in [0.4, 0.5) is 4.79 Å². The van der Waals surface area contributed by atoms with Gasteiger partial charge in [0.15, 0.2) is 0 Å². The summed E-state index contributed by atoms with van der Waals surface area (Å²) >= 11 is 0. The summed E-state index contributed by atoms with van der Waals surface area (Å²) in [5.74, 6) is -0.663. The van der Waals surface area contributed by atoms with Gasteiger partial charge in [0, 0.05) is 25.0 Å². The monoisotopic (exact) mass is 434 g/mol. The molecule has 1 aliphatic carbocycles. The van der Waals surface area contributed by atoms with E-state index in [0.717, 1.165) is 12.0 Å². The Morgan fingerprint density at radius 2 is 1.90 bits per heavy atom. The van der Waals surface area contributed by atoms with Gasteiger partial charge in [0.25, 0.3) is 0 Å². The van der Waals surface area contributed by atoms with Crippen LogP contribution in [-0.2, 0) is 16.0 Å². The topological polar surface area (TPSA) is 163 Å². The predicted octanol–water partition coefficient (Wildman–Crippen LogP) is -0.662. The quantitative estimate of drug-likeness (QED) is 0.302. The van der Waals surface area contributed by atoms with E-state index >= 15 is 0 Å². The van der Waals surface area contributed by atoms with E-state index in [2.05, 4.69) is 16.0 Å². The lowest BCUT2D eigenvalue weighted by Gasteiger charge is -2.31. The highest BCUT2D eigenvalue weighted by Crippen LogP contribution is 2.20. The molecule has 0 unspecified atom stereocenters. The van der Waals surface area contributed by atoms with Gasteiger partial charge in [-0.15, -0.1) is 0 Å². The summed E-state index contributed by atoms with van der Waals surface area (Å²) in [5.41, 5.74) is 6.36. The minimum Gasteiger partial charge on any atom is -0.497 e.